The molecule has 0 saturated carbocycles. The minimum absolute atomic E-state index is 0.160. The van der Waals surface area contributed by atoms with Gasteiger partial charge in [0.05, 0.1) is 12.7 Å². The fourth-order valence-corrected chi connectivity index (χ4v) is 4.31. The molecule has 0 spiro atoms. The predicted molar refractivity (Wildman–Crippen MR) is 115 cm³/mol. The number of ether oxygens (including phenoxy) is 1. The number of carbonyl (C=O) groups excluding carboxylic acids is 1. The molecule has 0 unspecified atom stereocenters. The van der Waals surface area contributed by atoms with Crippen LogP contribution in [0.15, 0.2) is 63.2 Å². The van der Waals surface area contributed by atoms with E-state index in [0.29, 0.717) is 22.1 Å². The van der Waals surface area contributed by atoms with Crippen molar-refractivity contribution >= 4 is 45.1 Å². The van der Waals surface area contributed by atoms with E-state index in [-0.39, 0.29) is 5.91 Å². The molecule has 5 nitrogen and oxygen atoms in total. The number of nitrogens with one attached hydrogen (secondary N) is 1. The van der Waals surface area contributed by atoms with E-state index in [2.05, 4.69) is 17.2 Å². The summed E-state index contributed by atoms with van der Waals surface area (Å²) in [4.78, 5) is 18.1. The largest absolute Gasteiger partial charge is 0.497 e. The van der Waals surface area contributed by atoms with Gasteiger partial charge in [-0.05, 0) is 36.1 Å². The van der Waals surface area contributed by atoms with Crippen molar-refractivity contribution in [3.63, 3.8) is 0 Å². The average molecular weight is 411 g/mol. The van der Waals surface area contributed by atoms with E-state index in [9.17, 15) is 4.79 Å². The van der Waals surface area contributed by atoms with Crippen LogP contribution in [0.1, 0.15) is 17.3 Å². The van der Waals surface area contributed by atoms with Crippen LogP contribution >= 0.6 is 23.1 Å². The molecule has 0 fully saturated rings. The Morgan fingerprint density at radius 1 is 1.25 bits per heavy atom. The summed E-state index contributed by atoms with van der Waals surface area (Å²) >= 11 is 3.01. The first-order chi connectivity index (χ1) is 13.7. The van der Waals surface area contributed by atoms with Crippen LogP contribution in [0.4, 0.5) is 5.13 Å². The summed E-state index contributed by atoms with van der Waals surface area (Å²) in [5, 5.41) is 6.27. The average Bonchev–Trinajstić information content (AvgIpc) is 3.34. The van der Waals surface area contributed by atoms with Gasteiger partial charge in [0.15, 0.2) is 10.9 Å². The molecule has 2 aromatic carbocycles. The molecular formula is C21H18N2O3S2. The summed E-state index contributed by atoms with van der Waals surface area (Å²) in [6, 6.07) is 15.2. The maximum atomic E-state index is 12.7. The minimum atomic E-state index is -0.160. The Morgan fingerprint density at radius 2 is 2.11 bits per heavy atom. The summed E-state index contributed by atoms with van der Waals surface area (Å²) in [6.07, 6.45) is 0. The number of aromatic nitrogens is 1. The van der Waals surface area contributed by atoms with Crippen molar-refractivity contribution in [3.8, 4) is 17.2 Å². The number of thiazole rings is 1. The van der Waals surface area contributed by atoms with Gasteiger partial charge in [0.1, 0.15) is 17.0 Å². The molecule has 0 aliphatic rings. The molecular weight excluding hydrogens is 392 g/mol. The zero-order chi connectivity index (χ0) is 19.5. The lowest BCUT2D eigenvalue weighted by Crippen LogP contribution is -2.12. The van der Waals surface area contributed by atoms with Crippen molar-refractivity contribution in [2.45, 2.75) is 11.8 Å². The van der Waals surface area contributed by atoms with E-state index in [1.807, 2.05) is 53.9 Å². The number of carbonyl (C=O) groups is 1. The van der Waals surface area contributed by atoms with E-state index in [1.165, 1.54) is 11.3 Å². The SMILES string of the molecule is CCSc1ccccc1C(=O)Nc1nc(-c2cc3ccc(OC)cc3o2)cs1. The lowest BCUT2D eigenvalue weighted by Gasteiger charge is -2.07. The zero-order valence-corrected chi connectivity index (χ0v) is 17.0. The fraction of sp³-hybridized carbons (Fsp3) is 0.143. The summed E-state index contributed by atoms with van der Waals surface area (Å²) < 4.78 is 11.1. The molecule has 0 bridgehead atoms. The molecule has 0 atom stereocenters. The van der Waals surface area contributed by atoms with E-state index < -0.39 is 0 Å². The maximum Gasteiger partial charge on any atom is 0.258 e. The first-order valence-electron chi connectivity index (χ1n) is 8.74. The molecule has 2 heterocycles. The Bertz CT molecular complexity index is 1130. The third-order valence-corrected chi connectivity index (χ3v) is 5.85. The van der Waals surface area contributed by atoms with Crippen LogP contribution in [0.3, 0.4) is 0 Å². The Morgan fingerprint density at radius 3 is 2.93 bits per heavy atom. The number of nitrogens with zero attached hydrogens (tertiary/aromatic N) is 1. The van der Waals surface area contributed by atoms with Gasteiger partial charge in [-0.25, -0.2) is 4.98 Å². The smallest absolute Gasteiger partial charge is 0.258 e. The zero-order valence-electron chi connectivity index (χ0n) is 15.4. The maximum absolute atomic E-state index is 12.7. The Balaban J connectivity index is 1.56. The Kier molecular flexibility index (Phi) is 5.36. The second-order valence-electron chi connectivity index (χ2n) is 5.94. The first kappa shape index (κ1) is 18.6. The van der Waals surface area contributed by atoms with Crippen LogP contribution < -0.4 is 10.1 Å². The van der Waals surface area contributed by atoms with E-state index in [0.717, 1.165) is 27.4 Å². The number of hydrogen-bond acceptors (Lipinski definition) is 6. The quantitative estimate of drug-likeness (QED) is 0.399. The van der Waals surface area contributed by atoms with Crippen molar-refractivity contribution in [1.82, 2.24) is 4.98 Å². The van der Waals surface area contributed by atoms with Crippen LogP contribution in [-0.2, 0) is 0 Å². The van der Waals surface area contributed by atoms with Crippen molar-refractivity contribution in [2.75, 3.05) is 18.2 Å². The number of thioether (sulfide) groups is 1. The van der Waals surface area contributed by atoms with Crippen LogP contribution in [-0.4, -0.2) is 23.8 Å². The lowest BCUT2D eigenvalue weighted by atomic mass is 10.2. The lowest BCUT2D eigenvalue weighted by molar-refractivity contribution is 0.102. The van der Waals surface area contributed by atoms with Gasteiger partial charge < -0.3 is 9.15 Å². The summed E-state index contributed by atoms with van der Waals surface area (Å²) in [5.41, 5.74) is 2.08. The molecule has 0 aliphatic heterocycles. The second-order valence-corrected chi connectivity index (χ2v) is 8.10. The molecule has 1 amide bonds. The second kappa shape index (κ2) is 8.08. The van der Waals surface area contributed by atoms with Crippen LogP contribution in [0.5, 0.6) is 5.75 Å². The van der Waals surface area contributed by atoms with E-state index in [1.54, 1.807) is 18.9 Å². The summed E-state index contributed by atoms with van der Waals surface area (Å²) in [7, 11) is 1.62. The van der Waals surface area contributed by atoms with Gasteiger partial charge in [0.25, 0.3) is 5.91 Å². The number of hydrogen-bond donors (Lipinski definition) is 1. The van der Waals surface area contributed by atoms with E-state index >= 15 is 0 Å². The van der Waals surface area contributed by atoms with Gasteiger partial charge in [-0.2, -0.15) is 0 Å². The van der Waals surface area contributed by atoms with Gasteiger partial charge >= 0.3 is 0 Å². The van der Waals surface area contributed by atoms with Gasteiger partial charge in [0.2, 0.25) is 0 Å². The molecule has 1 N–H and O–H groups in total. The highest BCUT2D eigenvalue weighted by molar-refractivity contribution is 7.99. The standard InChI is InChI=1S/C21H18N2O3S2/c1-3-27-19-7-5-4-6-15(19)20(24)23-21-22-16(12-28-21)18-10-13-8-9-14(25-2)11-17(13)26-18/h4-12H,3H2,1-2H3,(H,22,23,24). The summed E-state index contributed by atoms with van der Waals surface area (Å²) in [5.74, 6) is 2.14. The molecule has 0 radical (unpaired) electrons. The number of anilines is 1. The number of benzene rings is 2. The molecule has 0 saturated heterocycles. The number of amides is 1. The molecule has 4 rings (SSSR count). The van der Waals surface area contributed by atoms with Gasteiger partial charge in [0, 0.05) is 21.7 Å². The summed E-state index contributed by atoms with van der Waals surface area (Å²) in [6.45, 7) is 2.06. The van der Waals surface area contributed by atoms with Gasteiger partial charge in [-0.15, -0.1) is 23.1 Å². The van der Waals surface area contributed by atoms with E-state index in [4.69, 9.17) is 9.15 Å². The molecule has 0 aliphatic carbocycles. The molecule has 2 aromatic heterocycles. The monoisotopic (exact) mass is 410 g/mol. The van der Waals surface area contributed by atoms with Gasteiger partial charge in [-0.1, -0.05) is 19.1 Å². The molecule has 4 aromatic rings. The third kappa shape index (κ3) is 3.76. The molecule has 7 heteroatoms. The fourth-order valence-electron chi connectivity index (χ4n) is 2.81. The van der Waals surface area contributed by atoms with Crippen molar-refractivity contribution < 1.29 is 13.9 Å². The molecule has 142 valence electrons. The van der Waals surface area contributed by atoms with Crippen LogP contribution in [0.25, 0.3) is 22.4 Å². The van der Waals surface area contributed by atoms with Crippen LogP contribution in [0.2, 0.25) is 0 Å². The van der Waals surface area contributed by atoms with Crippen molar-refractivity contribution in [1.29, 1.82) is 0 Å². The third-order valence-electron chi connectivity index (χ3n) is 4.14. The van der Waals surface area contributed by atoms with Crippen LogP contribution in [0, 0.1) is 0 Å². The number of rotatable bonds is 6. The predicted octanol–water partition coefficient (Wildman–Crippen LogP) is 5.93. The topological polar surface area (TPSA) is 64.4 Å². The normalized spacial score (nSPS) is 10.9. The van der Waals surface area contributed by atoms with Crippen molar-refractivity contribution in [2.24, 2.45) is 0 Å². The number of fused-ring (bicyclic) bond motifs is 1. The van der Waals surface area contributed by atoms with Gasteiger partial charge in [-0.3, -0.25) is 10.1 Å². The first-order valence-corrected chi connectivity index (χ1v) is 10.6. The Labute approximate surface area is 170 Å². The van der Waals surface area contributed by atoms with Crippen molar-refractivity contribution in [3.05, 3.63) is 59.5 Å². The highest BCUT2D eigenvalue weighted by Gasteiger charge is 2.15. The Hall–Kier alpha value is -2.77. The highest BCUT2D eigenvalue weighted by Crippen LogP contribution is 2.32. The minimum Gasteiger partial charge on any atom is -0.497 e. The number of methoxy groups -OCH3 is 1. The highest BCUT2D eigenvalue weighted by atomic mass is 32.2. The molecule has 28 heavy (non-hydrogen) atoms. The number of furan rings is 1.